The van der Waals surface area contributed by atoms with Crippen molar-refractivity contribution in [2.24, 2.45) is 0 Å². The van der Waals surface area contributed by atoms with E-state index in [2.05, 4.69) is 0 Å². The Hall–Kier alpha value is 0.320. The molecule has 1 aliphatic rings. The van der Waals surface area contributed by atoms with Crippen LogP contribution in [0.4, 0.5) is 0 Å². The third-order valence-electron chi connectivity index (χ3n) is 1.74. The van der Waals surface area contributed by atoms with Crippen molar-refractivity contribution >= 4 is 23.2 Å². The molecule has 58 valence electrons. The molecular formula is C8H12Cl2. The molecule has 0 fully saturated rings. The molecule has 2 atom stereocenters. The highest BCUT2D eigenvalue weighted by atomic mass is 35.5. The molecule has 0 nitrogen and oxygen atoms in total. The molecule has 0 spiro atoms. The molecule has 0 radical (unpaired) electrons. The molecule has 0 aromatic rings. The Bertz CT molecular complexity index is 106. The number of hydrogen-bond donors (Lipinski definition) is 0. The van der Waals surface area contributed by atoms with E-state index in [1.54, 1.807) is 0 Å². The van der Waals surface area contributed by atoms with Crippen LogP contribution in [0.3, 0.4) is 0 Å². The summed E-state index contributed by atoms with van der Waals surface area (Å²) in [6.07, 6.45) is 8.64. The topological polar surface area (TPSA) is 0 Å². The average molecular weight is 179 g/mol. The first kappa shape index (κ1) is 8.42. The average Bonchev–Trinajstić information content (AvgIpc) is 1.90. The fraction of sp³-hybridized carbons (Fsp3) is 0.750. The van der Waals surface area contributed by atoms with E-state index in [1.165, 1.54) is 12.8 Å². The van der Waals surface area contributed by atoms with E-state index < -0.39 is 0 Å². The van der Waals surface area contributed by atoms with Gasteiger partial charge in [-0.1, -0.05) is 25.0 Å². The first-order valence-electron chi connectivity index (χ1n) is 3.75. The monoisotopic (exact) mass is 178 g/mol. The lowest BCUT2D eigenvalue weighted by molar-refractivity contribution is 0.644. The van der Waals surface area contributed by atoms with Crippen molar-refractivity contribution in [1.82, 2.24) is 0 Å². The standard InChI is InChI=1S/C8H12Cl2/c9-7-3-1-2-4-8(10)6-5-7/h5-8H,1-4H2/b6-5-. The van der Waals surface area contributed by atoms with Crippen LogP contribution >= 0.6 is 23.2 Å². The summed E-state index contributed by atoms with van der Waals surface area (Å²) in [5.41, 5.74) is 0. The largest absolute Gasteiger partial charge is 0.118 e. The molecule has 0 amide bonds. The van der Waals surface area contributed by atoms with Crippen LogP contribution in [0.5, 0.6) is 0 Å². The highest BCUT2D eigenvalue weighted by molar-refractivity contribution is 6.23. The van der Waals surface area contributed by atoms with Gasteiger partial charge < -0.3 is 0 Å². The Labute approximate surface area is 72.2 Å². The van der Waals surface area contributed by atoms with Crippen molar-refractivity contribution in [2.45, 2.75) is 36.4 Å². The van der Waals surface area contributed by atoms with Gasteiger partial charge in [0.25, 0.3) is 0 Å². The van der Waals surface area contributed by atoms with Crippen molar-refractivity contribution in [3.8, 4) is 0 Å². The van der Waals surface area contributed by atoms with Crippen LogP contribution in [0.2, 0.25) is 0 Å². The molecule has 1 aliphatic carbocycles. The Morgan fingerprint density at radius 1 is 0.900 bits per heavy atom. The van der Waals surface area contributed by atoms with Gasteiger partial charge in [0.15, 0.2) is 0 Å². The number of hydrogen-bond acceptors (Lipinski definition) is 0. The number of halogens is 2. The minimum absolute atomic E-state index is 0.210. The highest BCUT2D eigenvalue weighted by Gasteiger charge is 2.06. The Balaban J connectivity index is 2.42. The Morgan fingerprint density at radius 2 is 1.30 bits per heavy atom. The van der Waals surface area contributed by atoms with Crippen molar-refractivity contribution < 1.29 is 0 Å². The van der Waals surface area contributed by atoms with E-state index in [4.69, 9.17) is 23.2 Å². The second-order valence-corrected chi connectivity index (χ2v) is 3.82. The molecule has 0 aliphatic heterocycles. The van der Waals surface area contributed by atoms with Gasteiger partial charge in [-0.15, -0.1) is 23.2 Å². The molecule has 0 aromatic heterocycles. The van der Waals surface area contributed by atoms with E-state index in [1.807, 2.05) is 12.2 Å². The molecule has 2 heteroatoms. The maximum Gasteiger partial charge on any atom is 0.0516 e. The van der Waals surface area contributed by atoms with Crippen LogP contribution in [-0.2, 0) is 0 Å². The van der Waals surface area contributed by atoms with Crippen molar-refractivity contribution in [3.05, 3.63) is 12.2 Å². The van der Waals surface area contributed by atoms with Crippen LogP contribution in [0.15, 0.2) is 12.2 Å². The van der Waals surface area contributed by atoms with Gasteiger partial charge in [-0.25, -0.2) is 0 Å². The maximum atomic E-state index is 5.91. The molecule has 1 rings (SSSR count). The first-order chi connectivity index (χ1) is 4.79. The highest BCUT2D eigenvalue weighted by Crippen LogP contribution is 2.18. The maximum absolute atomic E-state index is 5.91. The summed E-state index contributed by atoms with van der Waals surface area (Å²) in [6, 6.07) is 0. The molecule has 0 heterocycles. The van der Waals surface area contributed by atoms with Crippen molar-refractivity contribution in [2.75, 3.05) is 0 Å². The summed E-state index contributed by atoms with van der Waals surface area (Å²) < 4.78 is 0. The van der Waals surface area contributed by atoms with Gasteiger partial charge in [0.1, 0.15) is 0 Å². The second kappa shape index (κ2) is 4.25. The molecule has 0 aromatic carbocycles. The van der Waals surface area contributed by atoms with Crippen LogP contribution in [0.25, 0.3) is 0 Å². The fourth-order valence-corrected chi connectivity index (χ4v) is 1.59. The zero-order valence-corrected chi connectivity index (χ0v) is 7.41. The Kier molecular flexibility index (Phi) is 3.58. The van der Waals surface area contributed by atoms with Crippen molar-refractivity contribution in [3.63, 3.8) is 0 Å². The Morgan fingerprint density at radius 3 is 1.70 bits per heavy atom. The second-order valence-electron chi connectivity index (χ2n) is 2.70. The SMILES string of the molecule is ClC1/C=C\C(Cl)CCCC1. The van der Waals surface area contributed by atoms with Gasteiger partial charge in [0.05, 0.1) is 10.8 Å². The third kappa shape index (κ3) is 2.94. The number of rotatable bonds is 0. The lowest BCUT2D eigenvalue weighted by Crippen LogP contribution is -2.02. The van der Waals surface area contributed by atoms with Crippen LogP contribution in [-0.4, -0.2) is 10.8 Å². The number of alkyl halides is 2. The van der Waals surface area contributed by atoms with E-state index >= 15 is 0 Å². The summed E-state index contributed by atoms with van der Waals surface area (Å²) in [5.74, 6) is 0. The third-order valence-corrected chi connectivity index (χ3v) is 2.47. The van der Waals surface area contributed by atoms with E-state index in [0.29, 0.717) is 0 Å². The zero-order chi connectivity index (χ0) is 7.40. The molecule has 0 N–H and O–H groups in total. The quantitative estimate of drug-likeness (QED) is 0.395. The smallest absolute Gasteiger partial charge is 0.0516 e. The van der Waals surface area contributed by atoms with Gasteiger partial charge in [-0.05, 0) is 12.8 Å². The lowest BCUT2D eigenvalue weighted by atomic mass is 10.1. The van der Waals surface area contributed by atoms with Gasteiger partial charge in [0.2, 0.25) is 0 Å². The van der Waals surface area contributed by atoms with Crippen LogP contribution in [0.1, 0.15) is 25.7 Å². The van der Waals surface area contributed by atoms with Crippen molar-refractivity contribution in [1.29, 1.82) is 0 Å². The number of allylic oxidation sites excluding steroid dienone is 2. The molecular weight excluding hydrogens is 167 g/mol. The van der Waals surface area contributed by atoms with Gasteiger partial charge >= 0.3 is 0 Å². The summed E-state index contributed by atoms with van der Waals surface area (Å²) in [6.45, 7) is 0. The fourth-order valence-electron chi connectivity index (χ4n) is 1.11. The minimum Gasteiger partial charge on any atom is -0.118 e. The van der Waals surface area contributed by atoms with Crippen LogP contribution < -0.4 is 0 Å². The predicted molar refractivity (Wildman–Crippen MR) is 46.9 cm³/mol. The van der Waals surface area contributed by atoms with Gasteiger partial charge in [-0.2, -0.15) is 0 Å². The first-order valence-corrected chi connectivity index (χ1v) is 4.63. The van der Waals surface area contributed by atoms with Crippen LogP contribution in [0, 0.1) is 0 Å². The molecule has 10 heavy (non-hydrogen) atoms. The summed E-state index contributed by atoms with van der Waals surface area (Å²) >= 11 is 11.8. The molecule has 0 bridgehead atoms. The molecule has 0 saturated heterocycles. The lowest BCUT2D eigenvalue weighted by Gasteiger charge is -2.10. The zero-order valence-electron chi connectivity index (χ0n) is 5.89. The molecule has 0 saturated carbocycles. The minimum atomic E-state index is 0.210. The van der Waals surface area contributed by atoms with Gasteiger partial charge in [0, 0.05) is 0 Å². The normalized spacial score (nSPS) is 38.2. The summed E-state index contributed by atoms with van der Waals surface area (Å²) in [7, 11) is 0. The van der Waals surface area contributed by atoms with E-state index in [-0.39, 0.29) is 10.8 Å². The van der Waals surface area contributed by atoms with Gasteiger partial charge in [-0.3, -0.25) is 0 Å². The summed E-state index contributed by atoms with van der Waals surface area (Å²) in [4.78, 5) is 0. The van der Waals surface area contributed by atoms with E-state index in [9.17, 15) is 0 Å². The summed E-state index contributed by atoms with van der Waals surface area (Å²) in [5, 5.41) is 0.420. The van der Waals surface area contributed by atoms with E-state index in [0.717, 1.165) is 12.8 Å². The predicted octanol–water partition coefficient (Wildman–Crippen LogP) is 3.33. The molecule has 2 unspecified atom stereocenters.